The van der Waals surface area contributed by atoms with Crippen molar-refractivity contribution in [2.75, 3.05) is 26.4 Å². The second-order valence-corrected chi connectivity index (χ2v) is 43.5. The second kappa shape index (κ2) is 30.4. The predicted molar refractivity (Wildman–Crippen MR) is 435 cm³/mol. The van der Waals surface area contributed by atoms with Crippen LogP contribution in [0, 0.1) is 35.9 Å². The molecular formula is C92H122F2N2O5ScSi. The molecule has 0 saturated carbocycles. The van der Waals surface area contributed by atoms with E-state index >= 15 is 8.78 Å². The molecule has 11 rings (SSSR count). The van der Waals surface area contributed by atoms with E-state index in [4.69, 9.17) is 9.47 Å². The van der Waals surface area contributed by atoms with Crippen molar-refractivity contribution in [3.05, 3.63) is 185 Å². The van der Waals surface area contributed by atoms with Crippen LogP contribution in [-0.4, -0.2) is 58.6 Å². The number of phenolic OH excluding ortho intramolecular Hbond substituents is 2. The molecule has 1 aliphatic heterocycles. The molecule has 0 amide bonds. The summed E-state index contributed by atoms with van der Waals surface area (Å²) in [6.07, 6.45) is 4.72. The van der Waals surface area contributed by atoms with Gasteiger partial charge in [-0.15, -0.1) is 8.07 Å². The van der Waals surface area contributed by atoms with Crippen LogP contribution in [0.15, 0.2) is 127 Å². The molecule has 10 aromatic rings. The Hall–Kier alpha value is -6.53. The third-order valence-electron chi connectivity index (χ3n) is 19.6. The average molecular weight is 1450 g/mol. The smallest absolute Gasteiger partial charge is 0.147 e. The average Bonchev–Trinajstić information content (AvgIpc) is 1.61. The van der Waals surface area contributed by atoms with Crippen LogP contribution in [0.3, 0.4) is 0 Å². The van der Waals surface area contributed by atoms with Gasteiger partial charge in [-0.3, -0.25) is 0 Å². The van der Waals surface area contributed by atoms with Gasteiger partial charge in [0.05, 0.1) is 46.7 Å². The van der Waals surface area contributed by atoms with Gasteiger partial charge >= 0.3 is 0 Å². The predicted octanol–water partition coefficient (Wildman–Crippen LogP) is 25.7. The molecule has 3 N–H and O–H groups in total. The molecule has 0 atom stereocenters. The standard InChI is InChI=1S/C84H102F2N2O4.C4H8O.C4H11Si.Sc/c1-50-37-58(86)47-66(65-39-56(84(22,23)49-78(5,6)7)45-72(75(65)90)88-69-42-53(81(14,15)16)27-32-61(69)62-33-28-54(43-70(62)88)82(17,18)19)76(50)92-36-24-35-91-73-34-29-57(85)46-63(73)64-38-55(83(20,21)48-77(2,3)4)44-71(74(64)89)87-67-40-51(79(8,9)10)25-30-59(67)60-31-26-52(41-68(60)87)80(11,12)13;1-2-4-5-3-1;1-5(2,3)4;/h25-34,37-47,89-90H,24,35-36,48-49H2,1-23H3;1-4H2;1H2,2-4H3;/q;;-1;/p+1. The van der Waals surface area contributed by atoms with Crippen LogP contribution in [-0.2, 0) is 58.3 Å². The van der Waals surface area contributed by atoms with E-state index in [0.29, 0.717) is 57.1 Å². The molecule has 7 nitrogen and oxygen atoms in total. The molecule has 551 valence electrons. The van der Waals surface area contributed by atoms with E-state index in [1.807, 2.05) is 19.1 Å². The van der Waals surface area contributed by atoms with Crippen LogP contribution in [0.25, 0.3) is 77.2 Å². The van der Waals surface area contributed by atoms with E-state index in [0.717, 1.165) is 80.8 Å². The maximum atomic E-state index is 16.3. The summed E-state index contributed by atoms with van der Waals surface area (Å²) < 4.78 is 54.4. The van der Waals surface area contributed by atoms with Gasteiger partial charge in [-0.1, -0.05) is 220 Å². The van der Waals surface area contributed by atoms with Gasteiger partial charge in [-0.2, -0.15) is 0 Å². The summed E-state index contributed by atoms with van der Waals surface area (Å²) in [6, 6.07) is 42.6. The Morgan fingerprint density at radius 1 is 0.427 bits per heavy atom. The molecule has 2 aromatic heterocycles. The van der Waals surface area contributed by atoms with Crippen molar-refractivity contribution in [3.8, 4) is 56.6 Å². The Morgan fingerprint density at radius 3 is 1.10 bits per heavy atom. The van der Waals surface area contributed by atoms with Gasteiger partial charge in [-0.05, 0) is 181 Å². The molecule has 3 heterocycles. The zero-order valence-corrected chi connectivity index (χ0v) is 70.4. The van der Waals surface area contributed by atoms with Crippen molar-refractivity contribution in [2.45, 2.75) is 243 Å². The van der Waals surface area contributed by atoms with Gasteiger partial charge in [0.15, 0.2) is 0 Å². The minimum absolute atomic E-state index is 0. The van der Waals surface area contributed by atoms with E-state index in [1.54, 1.807) is 6.07 Å². The van der Waals surface area contributed by atoms with Crippen molar-refractivity contribution in [2.24, 2.45) is 10.8 Å². The maximum Gasteiger partial charge on any atom is 0.147 e. The number of nitrogens with zero attached hydrogens (tertiary/aromatic N) is 2. The summed E-state index contributed by atoms with van der Waals surface area (Å²) in [5.41, 5.74) is 12.7. The third-order valence-corrected chi connectivity index (χ3v) is 19.6. The Balaban J connectivity index is 0.00000113. The summed E-state index contributed by atoms with van der Waals surface area (Å²) in [4.78, 5) is 0. The SMILES string of the molecule is C1CC[OH+]C1.Cc1cc(F)cc(-c2cc(C(C)(C)CC(C)(C)C)cc(-n3c4cc(C(C)(C)C)ccc4c4ccc(C(C)(C)C)cc43)c2O)c1OCCCOc1ccc(F)cc1-c1cc(C(C)(C)CC(C)(C)C)cc(-n2c3cc(C(C)(C)C)ccc3c3ccc(C(C)(C)C)cc32)c1O.[CH2-][Si](C)(C)C.[Sc]. The largest absolute Gasteiger partial charge is 0.505 e. The van der Waals surface area contributed by atoms with E-state index in [2.05, 4.69) is 277 Å². The number of rotatable bonds is 14. The molecule has 0 spiro atoms. The number of halogens is 2. The number of fused-ring (bicyclic) bond motifs is 6. The molecule has 1 aliphatic rings. The second-order valence-electron chi connectivity index (χ2n) is 38.4. The molecule has 0 unspecified atom stereocenters. The van der Waals surface area contributed by atoms with Gasteiger partial charge in [0.25, 0.3) is 0 Å². The summed E-state index contributed by atoms with van der Waals surface area (Å²) in [5.74, 6) is -0.0158. The Kier molecular flexibility index (Phi) is 24.2. The van der Waals surface area contributed by atoms with Crippen molar-refractivity contribution >= 4 is 51.7 Å². The monoisotopic (exact) mass is 1450 g/mol. The minimum atomic E-state index is -0.861. The van der Waals surface area contributed by atoms with Gasteiger partial charge < -0.3 is 40.1 Å². The van der Waals surface area contributed by atoms with E-state index in [-0.39, 0.29) is 93.9 Å². The third kappa shape index (κ3) is 19.4. The molecular weight excluding hydrogens is 1320 g/mol. The topological polar surface area (TPSA) is 81.6 Å². The van der Waals surface area contributed by atoms with Gasteiger partial charge in [0, 0.05) is 88.9 Å². The number of aliphatic hydroxyl groups is 2. The number of ether oxygens (including phenoxy) is 3. The van der Waals surface area contributed by atoms with Gasteiger partial charge in [-0.25, -0.2) is 8.78 Å². The Morgan fingerprint density at radius 2 is 0.767 bits per heavy atom. The molecule has 8 aromatic carbocycles. The van der Waals surface area contributed by atoms with E-state index in [9.17, 15) is 10.2 Å². The molecule has 1 fully saturated rings. The first-order chi connectivity index (χ1) is 46.9. The quantitative estimate of drug-likeness (QED) is 0.0492. The van der Waals surface area contributed by atoms with Crippen LogP contribution in [0.5, 0.6) is 23.0 Å². The molecule has 0 aliphatic carbocycles. The van der Waals surface area contributed by atoms with Crippen molar-refractivity contribution in [3.63, 3.8) is 0 Å². The number of aromatic hydroxyl groups is 2. The summed E-state index contributed by atoms with van der Waals surface area (Å²) in [6.45, 7) is 64.1. The molecule has 1 radical (unpaired) electrons. The fourth-order valence-electron chi connectivity index (χ4n) is 15.0. The molecule has 11 heteroatoms. The summed E-state index contributed by atoms with van der Waals surface area (Å²) >= 11 is 0. The van der Waals surface area contributed by atoms with Crippen LogP contribution < -0.4 is 9.47 Å². The maximum absolute atomic E-state index is 16.3. The molecule has 0 bridgehead atoms. The normalized spacial score (nSPS) is 13.7. The minimum Gasteiger partial charge on any atom is -0.505 e. The number of aryl methyl sites for hydroxylation is 1. The fourth-order valence-corrected chi connectivity index (χ4v) is 15.0. The van der Waals surface area contributed by atoms with E-state index < -0.39 is 19.7 Å². The first kappa shape index (κ1) is 82.1. The van der Waals surface area contributed by atoms with Crippen molar-refractivity contribution < 1.29 is 59.0 Å². The number of aromatic nitrogens is 2. The fraction of sp³-hybridized carbons (Fsp3) is 0.467. The van der Waals surface area contributed by atoms with Crippen LogP contribution in [0.4, 0.5) is 8.78 Å². The van der Waals surface area contributed by atoms with Crippen LogP contribution >= 0.6 is 0 Å². The van der Waals surface area contributed by atoms with E-state index in [1.165, 1.54) is 59.4 Å². The van der Waals surface area contributed by atoms with Gasteiger partial charge in [0.1, 0.15) is 47.8 Å². The number of benzene rings is 8. The zero-order chi connectivity index (χ0) is 75.6. The zero-order valence-electron chi connectivity index (χ0n) is 67.6. The summed E-state index contributed by atoms with van der Waals surface area (Å²) in [5, 5.41) is 30.7. The summed E-state index contributed by atoms with van der Waals surface area (Å²) in [7, 11) is -0.861. The Labute approximate surface area is 637 Å². The first-order valence-corrected chi connectivity index (χ1v) is 40.9. The van der Waals surface area contributed by atoms with Crippen LogP contribution in [0.1, 0.15) is 223 Å². The van der Waals surface area contributed by atoms with Gasteiger partial charge in [0.2, 0.25) is 0 Å². The Bertz CT molecular complexity index is 4550. The number of hydrogen-bond donors (Lipinski definition) is 2. The molecule has 1 saturated heterocycles. The number of hydrogen-bond acceptors (Lipinski definition) is 4. The first-order valence-electron chi connectivity index (χ1n) is 37.2. The molecule has 103 heavy (non-hydrogen) atoms. The van der Waals surface area contributed by atoms with Crippen molar-refractivity contribution in [1.82, 2.24) is 9.13 Å². The van der Waals surface area contributed by atoms with Crippen LogP contribution in [0.2, 0.25) is 19.6 Å². The number of phenols is 2. The van der Waals surface area contributed by atoms with Crippen molar-refractivity contribution in [1.29, 1.82) is 0 Å².